The Hall–Kier alpha value is -0.320. The van der Waals surface area contributed by atoms with Crippen LogP contribution >= 0.6 is 7.60 Å². The van der Waals surface area contributed by atoms with E-state index in [2.05, 4.69) is 9.05 Å². The third-order valence-electron chi connectivity index (χ3n) is 2.71. The molecule has 0 heterocycles. The van der Waals surface area contributed by atoms with Gasteiger partial charge >= 0.3 is 13.5 Å². The summed E-state index contributed by atoms with van der Waals surface area (Å²) in [4.78, 5) is 11.5. The topological polar surface area (TPSA) is 52.6 Å². The summed E-state index contributed by atoms with van der Waals surface area (Å²) in [5.74, 6) is -5.97. The van der Waals surface area contributed by atoms with Crippen molar-refractivity contribution in [3.05, 3.63) is 0 Å². The van der Waals surface area contributed by atoms with Crippen LogP contribution in [0.2, 0.25) is 0 Å². The van der Waals surface area contributed by atoms with Gasteiger partial charge in [0.05, 0.1) is 0 Å². The van der Waals surface area contributed by atoms with Gasteiger partial charge in [-0.05, 0) is 12.3 Å². The quantitative estimate of drug-likeness (QED) is 0.642. The maximum absolute atomic E-state index is 13.8. The Morgan fingerprint density at radius 2 is 1.67 bits per heavy atom. The Morgan fingerprint density at radius 3 is 2.00 bits per heavy atom. The van der Waals surface area contributed by atoms with E-state index in [0.717, 1.165) is 14.2 Å². The van der Waals surface area contributed by atoms with Crippen molar-refractivity contribution in [1.29, 1.82) is 0 Å². The van der Waals surface area contributed by atoms with E-state index in [1.54, 1.807) is 13.8 Å². The third-order valence-corrected chi connectivity index (χ3v) is 4.50. The number of alkyl halides is 2. The number of hydrogen-bond donors (Lipinski definition) is 0. The van der Waals surface area contributed by atoms with E-state index in [4.69, 9.17) is 0 Å². The zero-order valence-corrected chi connectivity index (χ0v) is 12.3. The van der Waals surface area contributed by atoms with Crippen molar-refractivity contribution in [2.45, 2.75) is 33.1 Å². The largest absolute Gasteiger partial charge is 0.337 e. The van der Waals surface area contributed by atoms with Gasteiger partial charge < -0.3 is 9.05 Å². The zero-order valence-electron chi connectivity index (χ0n) is 11.4. The molecule has 0 aromatic carbocycles. The molecule has 0 unspecified atom stereocenters. The minimum Gasteiger partial charge on any atom is -0.312 e. The van der Waals surface area contributed by atoms with Crippen LogP contribution in [0.5, 0.6) is 0 Å². The zero-order chi connectivity index (χ0) is 14.6. The van der Waals surface area contributed by atoms with Crippen LogP contribution in [0, 0.1) is 11.8 Å². The highest BCUT2D eigenvalue weighted by atomic mass is 31.2. The number of carbonyl (C=O) groups excluding carboxylic acids is 1. The molecule has 108 valence electrons. The summed E-state index contributed by atoms with van der Waals surface area (Å²) < 4.78 is 48.2. The summed E-state index contributed by atoms with van der Waals surface area (Å²) in [6, 6.07) is 0. The van der Waals surface area contributed by atoms with Crippen LogP contribution in [0.3, 0.4) is 0 Å². The van der Waals surface area contributed by atoms with Gasteiger partial charge in [-0.15, -0.1) is 0 Å². The predicted octanol–water partition coefficient (Wildman–Crippen LogP) is 3.36. The lowest BCUT2D eigenvalue weighted by atomic mass is 9.91. The number of ketones is 1. The Morgan fingerprint density at radius 1 is 1.22 bits per heavy atom. The second-order valence-corrected chi connectivity index (χ2v) is 6.98. The van der Waals surface area contributed by atoms with Crippen molar-refractivity contribution < 1.29 is 27.2 Å². The molecule has 7 heteroatoms. The highest BCUT2D eigenvalue weighted by molar-refractivity contribution is 7.54. The molecular formula is C11H21F2O4P. The Bertz CT molecular complexity index is 323. The number of rotatable bonds is 8. The predicted molar refractivity (Wildman–Crippen MR) is 65.1 cm³/mol. The van der Waals surface area contributed by atoms with Gasteiger partial charge in [-0.3, -0.25) is 9.36 Å². The van der Waals surface area contributed by atoms with Gasteiger partial charge in [0.25, 0.3) is 0 Å². The molecule has 0 amide bonds. The van der Waals surface area contributed by atoms with Crippen molar-refractivity contribution in [1.82, 2.24) is 0 Å². The Balaban J connectivity index is 4.80. The van der Waals surface area contributed by atoms with Crippen molar-refractivity contribution in [3.63, 3.8) is 0 Å². The molecule has 0 bridgehead atoms. The third kappa shape index (κ3) is 4.75. The molecule has 0 radical (unpaired) electrons. The van der Waals surface area contributed by atoms with Crippen LogP contribution in [0.1, 0.15) is 27.2 Å². The summed E-state index contributed by atoms with van der Waals surface area (Å²) in [5, 5.41) is 0. The smallest absolute Gasteiger partial charge is 0.312 e. The molecule has 0 aliphatic carbocycles. The van der Waals surface area contributed by atoms with E-state index in [1.165, 1.54) is 6.92 Å². The first-order valence-corrected chi connectivity index (χ1v) is 7.43. The molecule has 0 saturated carbocycles. The average Bonchev–Trinajstić information content (AvgIpc) is 2.27. The van der Waals surface area contributed by atoms with Crippen LogP contribution in [0.4, 0.5) is 8.78 Å². The van der Waals surface area contributed by atoms with Gasteiger partial charge in [0.1, 0.15) is 6.16 Å². The number of halogens is 2. The molecule has 0 aromatic heterocycles. The fourth-order valence-corrected chi connectivity index (χ4v) is 2.58. The van der Waals surface area contributed by atoms with E-state index in [0.29, 0.717) is 0 Å². The van der Waals surface area contributed by atoms with Crippen molar-refractivity contribution in [2.75, 3.05) is 20.4 Å². The highest BCUT2D eigenvalue weighted by Gasteiger charge is 2.47. The molecule has 0 aromatic rings. The molecule has 0 rings (SSSR count). The van der Waals surface area contributed by atoms with Gasteiger partial charge in [-0.25, -0.2) is 0 Å². The standard InChI is InChI=1S/C11H21F2O4P/c1-8(2)6-9(3)11(12,13)10(14)7-18(15,16-4)17-5/h8-9H,6-7H2,1-5H3/t9-/m0/s1. The van der Waals surface area contributed by atoms with Gasteiger partial charge in [-0.2, -0.15) is 8.78 Å². The van der Waals surface area contributed by atoms with E-state index < -0.39 is 31.4 Å². The fraction of sp³-hybridized carbons (Fsp3) is 0.909. The van der Waals surface area contributed by atoms with Crippen LogP contribution in [-0.4, -0.2) is 32.1 Å². The molecular weight excluding hydrogens is 265 g/mol. The van der Waals surface area contributed by atoms with Gasteiger partial charge in [0.2, 0.25) is 5.78 Å². The molecule has 0 saturated heterocycles. The number of hydrogen-bond acceptors (Lipinski definition) is 4. The van der Waals surface area contributed by atoms with Crippen molar-refractivity contribution in [3.8, 4) is 0 Å². The monoisotopic (exact) mass is 286 g/mol. The van der Waals surface area contributed by atoms with Crippen LogP contribution < -0.4 is 0 Å². The van der Waals surface area contributed by atoms with Crippen LogP contribution in [0.15, 0.2) is 0 Å². The van der Waals surface area contributed by atoms with E-state index >= 15 is 0 Å². The molecule has 0 aliphatic heterocycles. The highest BCUT2D eigenvalue weighted by Crippen LogP contribution is 2.48. The van der Waals surface area contributed by atoms with Crippen molar-refractivity contribution in [2.24, 2.45) is 11.8 Å². The number of Topliss-reactive ketones (excluding diaryl/α,β-unsaturated/α-hetero) is 1. The first-order chi connectivity index (χ1) is 8.09. The molecule has 0 fully saturated rings. The van der Waals surface area contributed by atoms with Gasteiger partial charge in [-0.1, -0.05) is 20.8 Å². The SMILES string of the molecule is COP(=O)(CC(=O)C(F)(F)[C@@H](C)CC(C)C)OC. The second-order valence-electron chi connectivity index (χ2n) is 4.71. The van der Waals surface area contributed by atoms with E-state index in [9.17, 15) is 18.1 Å². The summed E-state index contributed by atoms with van der Waals surface area (Å²) in [7, 11) is -1.61. The number of carbonyl (C=O) groups is 1. The van der Waals surface area contributed by atoms with Gasteiger partial charge in [0.15, 0.2) is 0 Å². The summed E-state index contributed by atoms with van der Waals surface area (Å²) in [5.41, 5.74) is 0. The fourth-order valence-electron chi connectivity index (χ4n) is 1.61. The minimum absolute atomic E-state index is 0.0512. The van der Waals surface area contributed by atoms with Gasteiger partial charge in [0, 0.05) is 20.1 Å². The molecule has 4 nitrogen and oxygen atoms in total. The normalized spacial score (nSPS) is 14.9. The minimum atomic E-state index is -3.74. The Kier molecular flexibility index (Phi) is 6.61. The first-order valence-electron chi connectivity index (χ1n) is 5.70. The lowest BCUT2D eigenvalue weighted by molar-refractivity contribution is -0.148. The molecule has 1 atom stereocenters. The first kappa shape index (κ1) is 17.7. The summed E-state index contributed by atoms with van der Waals surface area (Å²) in [6.45, 7) is 4.90. The summed E-state index contributed by atoms with van der Waals surface area (Å²) in [6.07, 6.45) is -0.696. The van der Waals surface area contributed by atoms with Crippen molar-refractivity contribution >= 4 is 13.4 Å². The molecule has 0 aliphatic rings. The van der Waals surface area contributed by atoms with Crippen LogP contribution in [0.25, 0.3) is 0 Å². The molecule has 18 heavy (non-hydrogen) atoms. The van der Waals surface area contributed by atoms with Crippen LogP contribution in [-0.2, 0) is 18.4 Å². The lowest BCUT2D eigenvalue weighted by Gasteiger charge is -2.24. The van der Waals surface area contributed by atoms with E-state index in [-0.39, 0.29) is 12.3 Å². The lowest BCUT2D eigenvalue weighted by Crippen LogP contribution is -2.38. The maximum Gasteiger partial charge on any atom is 0.337 e. The Labute approximate surface area is 107 Å². The maximum atomic E-state index is 13.8. The molecule has 0 spiro atoms. The molecule has 0 N–H and O–H groups in total. The van der Waals surface area contributed by atoms with E-state index in [1.807, 2.05) is 0 Å². The average molecular weight is 286 g/mol. The second kappa shape index (κ2) is 6.73. The summed E-state index contributed by atoms with van der Waals surface area (Å²) >= 11 is 0.